The number of carbonyl (C=O) groups excluding carboxylic acids is 1. The van der Waals surface area contributed by atoms with Crippen LogP contribution in [0.5, 0.6) is 0 Å². The van der Waals surface area contributed by atoms with Crippen LogP contribution in [-0.4, -0.2) is 37.5 Å². The average Bonchev–Trinajstić information content (AvgIpc) is 3.23. The monoisotopic (exact) mass is 465 g/mol. The first-order valence-corrected chi connectivity index (χ1v) is 11.3. The molecule has 3 aromatic rings. The van der Waals surface area contributed by atoms with Gasteiger partial charge in [-0.3, -0.25) is 9.78 Å². The lowest BCUT2D eigenvalue weighted by Crippen LogP contribution is -2.53. The van der Waals surface area contributed by atoms with Crippen LogP contribution in [0.25, 0.3) is 10.6 Å². The van der Waals surface area contributed by atoms with Gasteiger partial charge in [-0.25, -0.2) is 22.6 Å². The summed E-state index contributed by atoms with van der Waals surface area (Å²) in [5, 5.41) is 3.35. The smallest absolute Gasteiger partial charge is 0.242 e. The molecule has 1 aliphatic heterocycles. The van der Waals surface area contributed by atoms with E-state index in [-0.39, 0.29) is 17.0 Å². The lowest BCUT2D eigenvalue weighted by molar-refractivity contribution is -0.120. The Kier molecular flexibility index (Phi) is 6.21. The molecule has 2 aromatic heterocycles. The second kappa shape index (κ2) is 8.86. The first-order chi connectivity index (χ1) is 14.4. The Balaban J connectivity index is 1.52. The van der Waals surface area contributed by atoms with Gasteiger partial charge >= 0.3 is 0 Å². The van der Waals surface area contributed by atoms with Crippen LogP contribution in [0.15, 0.2) is 48.8 Å². The second-order valence-corrected chi connectivity index (χ2v) is 9.39. The molecule has 3 heterocycles. The molecule has 0 saturated carbocycles. The molecule has 156 valence electrons. The van der Waals surface area contributed by atoms with E-state index in [4.69, 9.17) is 11.6 Å². The predicted octanol–water partition coefficient (Wildman–Crippen LogP) is 3.55. The number of likely N-dealkylation sites (N-methyl/N-ethyl adjacent to an activating group) is 1. The molecule has 1 amide bonds. The van der Waals surface area contributed by atoms with Crippen molar-refractivity contribution in [1.82, 2.24) is 19.0 Å². The van der Waals surface area contributed by atoms with E-state index in [0.29, 0.717) is 12.1 Å². The first-order valence-electron chi connectivity index (χ1n) is 8.96. The molecular formula is C19H17ClFN5O2S2. The Bertz CT molecular complexity index is 1100. The van der Waals surface area contributed by atoms with Gasteiger partial charge in [0, 0.05) is 25.1 Å². The highest BCUT2D eigenvalue weighted by atomic mass is 35.5. The predicted molar refractivity (Wildman–Crippen MR) is 116 cm³/mol. The Labute approximate surface area is 184 Å². The fourth-order valence-electron chi connectivity index (χ4n) is 3.04. The van der Waals surface area contributed by atoms with Gasteiger partial charge in [0.1, 0.15) is 16.9 Å². The summed E-state index contributed by atoms with van der Waals surface area (Å²) in [5.74, 6) is -0.927. The Morgan fingerprint density at radius 2 is 2.20 bits per heavy atom. The third-order valence-electron chi connectivity index (χ3n) is 4.63. The third kappa shape index (κ3) is 4.42. The number of thiazole rings is 1. The Hall–Kier alpha value is -2.24. The van der Waals surface area contributed by atoms with E-state index in [2.05, 4.69) is 20.0 Å². The molecule has 1 saturated heterocycles. The number of nitrogens with zero attached hydrogens (tertiary/aromatic N) is 3. The Morgan fingerprint density at radius 3 is 2.93 bits per heavy atom. The summed E-state index contributed by atoms with van der Waals surface area (Å²) in [6, 6.07) is 8.53. The van der Waals surface area contributed by atoms with Gasteiger partial charge in [0.25, 0.3) is 0 Å². The van der Waals surface area contributed by atoms with Crippen molar-refractivity contribution in [2.24, 2.45) is 0 Å². The number of aromatic nitrogens is 2. The molecule has 4 rings (SSSR count). The fraction of sp³-hybridized carbons (Fsp3) is 0.211. The summed E-state index contributed by atoms with van der Waals surface area (Å²) in [7, 11) is 1.60. The zero-order chi connectivity index (χ0) is 21.3. The maximum Gasteiger partial charge on any atom is 0.242 e. The van der Waals surface area contributed by atoms with Gasteiger partial charge < -0.3 is 5.32 Å². The van der Waals surface area contributed by atoms with Crippen molar-refractivity contribution in [2.45, 2.75) is 18.5 Å². The molecule has 0 aliphatic carbocycles. The molecule has 0 bridgehead atoms. The highest BCUT2D eigenvalue weighted by Crippen LogP contribution is 2.33. The topological polar surface area (TPSA) is 87.2 Å². The quantitative estimate of drug-likeness (QED) is 0.616. The maximum absolute atomic E-state index is 13.4. The second-order valence-electron chi connectivity index (χ2n) is 6.61. The van der Waals surface area contributed by atoms with Crippen molar-refractivity contribution < 1.29 is 13.4 Å². The minimum Gasteiger partial charge on any atom is -0.325 e. The van der Waals surface area contributed by atoms with Crippen molar-refractivity contribution in [3.8, 4) is 10.6 Å². The first kappa shape index (κ1) is 21.0. The number of pyridine rings is 1. The number of benzene rings is 1. The van der Waals surface area contributed by atoms with Crippen LogP contribution >= 0.6 is 22.9 Å². The van der Waals surface area contributed by atoms with Crippen molar-refractivity contribution in [3.63, 3.8) is 0 Å². The molecule has 0 radical (unpaired) electrons. The van der Waals surface area contributed by atoms with Gasteiger partial charge in [0.05, 0.1) is 21.6 Å². The van der Waals surface area contributed by atoms with Gasteiger partial charge in [-0.05, 0) is 36.8 Å². The maximum atomic E-state index is 13.4. The van der Waals surface area contributed by atoms with E-state index in [1.807, 2.05) is 18.2 Å². The number of carbonyl (C=O) groups is 1. The largest absolute Gasteiger partial charge is 0.325 e. The van der Waals surface area contributed by atoms with Crippen LogP contribution < -0.4 is 10.0 Å². The van der Waals surface area contributed by atoms with Crippen molar-refractivity contribution >= 4 is 45.7 Å². The minimum atomic E-state index is -1.58. The third-order valence-corrected chi connectivity index (χ3v) is 7.32. The Morgan fingerprint density at radius 1 is 1.37 bits per heavy atom. The molecule has 2 N–H and O–H groups in total. The SMILES string of the molecule is CN1C(C(=O)Nc2ccc(F)c(Cl)c2)CC(c2ncc(-c3ccccn3)s2)NS1=O. The molecule has 7 nitrogen and oxygen atoms in total. The summed E-state index contributed by atoms with van der Waals surface area (Å²) < 4.78 is 30.4. The highest BCUT2D eigenvalue weighted by molar-refractivity contribution is 7.80. The lowest BCUT2D eigenvalue weighted by Gasteiger charge is -2.34. The zero-order valence-corrected chi connectivity index (χ0v) is 18.1. The van der Waals surface area contributed by atoms with Gasteiger partial charge in [-0.2, -0.15) is 0 Å². The number of halogens is 2. The molecule has 1 aromatic carbocycles. The number of nitrogens with one attached hydrogen (secondary N) is 2. The normalized spacial score (nSPS) is 22.0. The van der Waals surface area contributed by atoms with Gasteiger partial charge in [0.2, 0.25) is 5.91 Å². The summed E-state index contributed by atoms with van der Waals surface area (Å²) in [6.45, 7) is 0. The van der Waals surface area contributed by atoms with Crippen molar-refractivity contribution in [2.75, 3.05) is 12.4 Å². The number of anilines is 1. The molecule has 3 atom stereocenters. The molecule has 11 heteroatoms. The van der Waals surface area contributed by atoms with Gasteiger partial charge in [-0.1, -0.05) is 17.7 Å². The van der Waals surface area contributed by atoms with Crippen molar-refractivity contribution in [3.05, 3.63) is 64.6 Å². The van der Waals surface area contributed by atoms with Crippen LogP contribution in [0.4, 0.5) is 10.1 Å². The number of hydrogen-bond acceptors (Lipinski definition) is 5. The fourth-order valence-corrected chi connectivity index (χ4v) is 5.28. The molecule has 1 fully saturated rings. The van der Waals surface area contributed by atoms with E-state index < -0.39 is 23.0 Å². The molecule has 3 unspecified atom stereocenters. The van der Waals surface area contributed by atoms with E-state index in [1.54, 1.807) is 19.4 Å². The van der Waals surface area contributed by atoms with Gasteiger partial charge in [-0.15, -0.1) is 11.3 Å². The van der Waals surface area contributed by atoms with Crippen LogP contribution in [0.2, 0.25) is 5.02 Å². The number of amides is 1. The van der Waals surface area contributed by atoms with Crippen LogP contribution in [0.3, 0.4) is 0 Å². The average molecular weight is 466 g/mol. The summed E-state index contributed by atoms with van der Waals surface area (Å²) >= 11 is 5.64. The van der Waals surface area contributed by atoms with Crippen LogP contribution in [-0.2, 0) is 16.0 Å². The van der Waals surface area contributed by atoms with E-state index in [0.717, 1.165) is 15.6 Å². The zero-order valence-electron chi connectivity index (χ0n) is 15.7. The summed E-state index contributed by atoms with van der Waals surface area (Å²) in [4.78, 5) is 22.5. The highest BCUT2D eigenvalue weighted by Gasteiger charge is 2.37. The van der Waals surface area contributed by atoms with E-state index >= 15 is 0 Å². The lowest BCUT2D eigenvalue weighted by atomic mass is 10.1. The molecule has 1 aliphatic rings. The number of rotatable bonds is 4. The van der Waals surface area contributed by atoms with E-state index in [9.17, 15) is 13.4 Å². The molecule has 0 spiro atoms. The van der Waals surface area contributed by atoms with Gasteiger partial charge in [0.15, 0.2) is 11.2 Å². The molecule has 30 heavy (non-hydrogen) atoms. The summed E-state index contributed by atoms with van der Waals surface area (Å²) in [5.41, 5.74) is 1.17. The van der Waals surface area contributed by atoms with Crippen LogP contribution in [0.1, 0.15) is 17.5 Å². The minimum absolute atomic E-state index is 0.0854. The number of hydrogen-bond donors (Lipinski definition) is 2. The van der Waals surface area contributed by atoms with Crippen molar-refractivity contribution in [1.29, 1.82) is 0 Å². The molecular weight excluding hydrogens is 449 g/mol. The van der Waals surface area contributed by atoms with E-state index in [1.165, 1.54) is 33.8 Å². The van der Waals surface area contributed by atoms with Crippen LogP contribution in [0, 0.1) is 5.82 Å². The standard InChI is InChI=1S/C19H17ClFN5O2S2/c1-26-16(18(27)24-11-5-6-13(21)12(20)8-11)9-15(25-30(26)28)19-23-10-17(29-19)14-4-2-3-7-22-14/h2-8,10,15-16,25H,9H2,1H3,(H,24,27). The summed E-state index contributed by atoms with van der Waals surface area (Å²) in [6.07, 6.45) is 3.79.